The van der Waals surface area contributed by atoms with Crippen molar-refractivity contribution in [1.82, 2.24) is 20.0 Å². The first kappa shape index (κ1) is 25.2. The van der Waals surface area contributed by atoms with Gasteiger partial charge in [-0.05, 0) is 38.2 Å². The van der Waals surface area contributed by atoms with E-state index in [4.69, 9.17) is 4.74 Å². The monoisotopic (exact) mass is 470 g/mol. The van der Waals surface area contributed by atoms with Gasteiger partial charge in [-0.15, -0.1) is 0 Å². The van der Waals surface area contributed by atoms with E-state index >= 15 is 0 Å². The number of ether oxygens (including phenoxy) is 1. The number of methoxy groups -OCH3 is 1. The molecule has 182 valence electrons. The number of nitrogens with zero attached hydrogens (tertiary/aromatic N) is 3. The molecule has 1 aromatic rings. The molecule has 10 heteroatoms. The number of H-pyrrole nitrogens is 1. The summed E-state index contributed by atoms with van der Waals surface area (Å²) in [5, 5.41) is 7.32. The lowest BCUT2D eigenvalue weighted by molar-refractivity contribution is -0.0929. The lowest BCUT2D eigenvalue weighted by Gasteiger charge is -2.31. The van der Waals surface area contributed by atoms with Crippen LogP contribution in [-0.2, 0) is 17.7 Å². The number of amides is 1. The molecule has 3 rings (SSSR count). The average molecular weight is 471 g/mol. The second-order valence-corrected chi connectivity index (χ2v) is 8.39. The van der Waals surface area contributed by atoms with Gasteiger partial charge in [0.2, 0.25) is 0 Å². The summed E-state index contributed by atoms with van der Waals surface area (Å²) in [6.07, 6.45) is 3.05. The topological polar surface area (TPSA) is 61.5 Å². The first-order valence-corrected chi connectivity index (χ1v) is 11.1. The minimum atomic E-state index is -4.67. The zero-order valence-electron chi connectivity index (χ0n) is 18.9. The van der Waals surface area contributed by atoms with Crippen LogP contribution >= 0.6 is 0 Å². The molecular formula is C23H30F4N4O2. The van der Waals surface area contributed by atoms with E-state index in [2.05, 4.69) is 15.1 Å². The number of halogens is 4. The highest BCUT2D eigenvalue weighted by atomic mass is 19.4. The molecule has 0 aliphatic carbocycles. The molecular weight excluding hydrogens is 440 g/mol. The SMILES string of the molecule is COCCN1CCc2c(C(=O)N3CCC(/C=C/C=C\C(F)=C(/C)C(F)(F)F)CC3)n[nH]c2C1. The summed E-state index contributed by atoms with van der Waals surface area (Å²) in [7, 11) is 1.68. The fourth-order valence-electron chi connectivity index (χ4n) is 4.03. The molecule has 0 atom stereocenters. The molecule has 1 saturated heterocycles. The highest BCUT2D eigenvalue weighted by Gasteiger charge is 2.32. The lowest BCUT2D eigenvalue weighted by atomic mass is 9.95. The molecule has 1 N–H and O–H groups in total. The normalized spacial score (nSPS) is 19.4. The van der Waals surface area contributed by atoms with Crippen molar-refractivity contribution in [3.05, 3.63) is 52.7 Å². The third-order valence-electron chi connectivity index (χ3n) is 6.17. The molecule has 1 amide bonds. The van der Waals surface area contributed by atoms with E-state index in [9.17, 15) is 22.4 Å². The van der Waals surface area contributed by atoms with Crippen molar-refractivity contribution in [2.75, 3.05) is 39.9 Å². The van der Waals surface area contributed by atoms with Gasteiger partial charge in [-0.1, -0.05) is 18.2 Å². The number of aromatic amines is 1. The highest BCUT2D eigenvalue weighted by molar-refractivity contribution is 5.94. The summed E-state index contributed by atoms with van der Waals surface area (Å²) in [6, 6.07) is 0. The van der Waals surface area contributed by atoms with Gasteiger partial charge >= 0.3 is 6.18 Å². The Bertz CT molecular complexity index is 912. The van der Waals surface area contributed by atoms with Gasteiger partial charge in [-0.2, -0.15) is 18.3 Å². The van der Waals surface area contributed by atoms with E-state index in [-0.39, 0.29) is 11.8 Å². The smallest absolute Gasteiger partial charge is 0.383 e. The van der Waals surface area contributed by atoms with Crippen LogP contribution in [0.25, 0.3) is 0 Å². The van der Waals surface area contributed by atoms with Crippen molar-refractivity contribution in [2.45, 2.75) is 38.9 Å². The maximum Gasteiger partial charge on any atom is 0.415 e. The Labute approximate surface area is 191 Å². The maximum absolute atomic E-state index is 13.5. The van der Waals surface area contributed by atoms with Crippen molar-refractivity contribution >= 4 is 5.91 Å². The van der Waals surface area contributed by atoms with Crippen molar-refractivity contribution in [3.63, 3.8) is 0 Å². The first-order chi connectivity index (χ1) is 15.7. The zero-order chi connectivity index (χ0) is 24.0. The molecule has 0 radical (unpaired) electrons. The summed E-state index contributed by atoms with van der Waals surface area (Å²) < 4.78 is 56.0. The summed E-state index contributed by atoms with van der Waals surface area (Å²) in [5.74, 6) is -1.19. The number of piperidine rings is 1. The van der Waals surface area contributed by atoms with Gasteiger partial charge < -0.3 is 9.64 Å². The Morgan fingerprint density at radius 3 is 2.64 bits per heavy atom. The number of rotatable bonds is 7. The van der Waals surface area contributed by atoms with E-state index in [0.717, 1.165) is 56.2 Å². The second-order valence-electron chi connectivity index (χ2n) is 8.39. The molecule has 0 bridgehead atoms. The largest absolute Gasteiger partial charge is 0.415 e. The van der Waals surface area contributed by atoms with Crippen LogP contribution in [0.5, 0.6) is 0 Å². The average Bonchev–Trinajstić information content (AvgIpc) is 3.22. The maximum atomic E-state index is 13.5. The van der Waals surface area contributed by atoms with Gasteiger partial charge in [-0.25, -0.2) is 4.39 Å². The van der Waals surface area contributed by atoms with Crippen LogP contribution in [0.1, 0.15) is 41.5 Å². The summed E-state index contributed by atoms with van der Waals surface area (Å²) >= 11 is 0. The number of aromatic nitrogens is 2. The van der Waals surface area contributed by atoms with E-state index in [1.54, 1.807) is 18.1 Å². The number of hydrogen-bond acceptors (Lipinski definition) is 4. The predicted molar refractivity (Wildman–Crippen MR) is 116 cm³/mol. The van der Waals surface area contributed by atoms with Crippen LogP contribution in [-0.4, -0.2) is 72.0 Å². The lowest BCUT2D eigenvalue weighted by Crippen LogP contribution is -2.39. The standard InChI is InChI=1S/C23H30F4N4O2/c1-16(23(25,26)27)19(24)6-4-3-5-17-7-11-31(12-8-17)22(32)21-18-9-10-30(13-14-33-2)15-20(18)28-29-21/h3-6,17H,7-15H2,1-2H3,(H,28,29)/b5-3+,6-4-,19-16-. The number of carbonyl (C=O) groups is 1. The molecule has 2 aliphatic rings. The highest BCUT2D eigenvalue weighted by Crippen LogP contribution is 2.29. The molecule has 1 fully saturated rings. The zero-order valence-corrected chi connectivity index (χ0v) is 18.9. The van der Waals surface area contributed by atoms with Crippen molar-refractivity contribution in [3.8, 4) is 0 Å². The molecule has 2 aliphatic heterocycles. The number of carbonyl (C=O) groups excluding carboxylic acids is 1. The van der Waals surface area contributed by atoms with Gasteiger partial charge in [0.05, 0.1) is 17.9 Å². The third kappa shape index (κ3) is 6.54. The van der Waals surface area contributed by atoms with Gasteiger partial charge in [0.1, 0.15) is 5.83 Å². The van der Waals surface area contributed by atoms with Gasteiger partial charge in [0, 0.05) is 45.4 Å². The van der Waals surface area contributed by atoms with Crippen LogP contribution < -0.4 is 0 Å². The third-order valence-corrected chi connectivity index (χ3v) is 6.17. The Morgan fingerprint density at radius 1 is 1.24 bits per heavy atom. The molecule has 1 aromatic heterocycles. The Balaban J connectivity index is 1.51. The Kier molecular flexibility index (Phi) is 8.47. The number of nitrogens with one attached hydrogen (secondary N) is 1. The van der Waals surface area contributed by atoms with E-state index in [1.165, 1.54) is 6.08 Å². The fourth-order valence-corrected chi connectivity index (χ4v) is 4.03. The molecule has 33 heavy (non-hydrogen) atoms. The van der Waals surface area contributed by atoms with Crippen molar-refractivity contribution < 1.29 is 27.1 Å². The van der Waals surface area contributed by atoms with Crippen molar-refractivity contribution in [2.24, 2.45) is 5.92 Å². The Hall–Kier alpha value is -2.46. The number of hydrogen-bond donors (Lipinski definition) is 1. The van der Waals surface area contributed by atoms with Crippen molar-refractivity contribution in [1.29, 1.82) is 0 Å². The molecule has 3 heterocycles. The summed E-state index contributed by atoms with van der Waals surface area (Å²) in [6.45, 7) is 4.92. The number of likely N-dealkylation sites (tertiary alicyclic amines) is 1. The van der Waals surface area contributed by atoms with Crippen LogP contribution in [0.15, 0.2) is 35.7 Å². The van der Waals surface area contributed by atoms with Crippen LogP contribution in [0, 0.1) is 5.92 Å². The van der Waals surface area contributed by atoms with E-state index in [1.807, 2.05) is 6.08 Å². The number of alkyl halides is 3. The molecule has 0 aromatic carbocycles. The van der Waals surface area contributed by atoms with Crippen LogP contribution in [0.2, 0.25) is 0 Å². The van der Waals surface area contributed by atoms with Gasteiger partial charge in [0.25, 0.3) is 5.91 Å². The van der Waals surface area contributed by atoms with Crippen LogP contribution in [0.3, 0.4) is 0 Å². The first-order valence-electron chi connectivity index (χ1n) is 11.1. The molecule has 0 unspecified atom stereocenters. The van der Waals surface area contributed by atoms with E-state index in [0.29, 0.717) is 32.3 Å². The molecule has 0 spiro atoms. The van der Waals surface area contributed by atoms with E-state index < -0.39 is 17.6 Å². The minimum absolute atomic E-state index is 0.0741. The summed E-state index contributed by atoms with van der Waals surface area (Å²) in [5.41, 5.74) is 1.22. The molecule has 0 saturated carbocycles. The Morgan fingerprint density at radius 2 is 1.97 bits per heavy atom. The minimum Gasteiger partial charge on any atom is -0.383 e. The molecule has 6 nitrogen and oxygen atoms in total. The second kappa shape index (κ2) is 11.1. The number of allylic oxidation sites excluding steroid dienone is 6. The summed E-state index contributed by atoms with van der Waals surface area (Å²) in [4.78, 5) is 17.1. The fraction of sp³-hybridized carbons (Fsp3) is 0.565. The quantitative estimate of drug-likeness (QED) is 0.480. The van der Waals surface area contributed by atoms with Gasteiger partial charge in [0.15, 0.2) is 5.69 Å². The predicted octanol–water partition coefficient (Wildman–Crippen LogP) is 4.18. The van der Waals surface area contributed by atoms with Crippen LogP contribution in [0.4, 0.5) is 17.6 Å². The number of fused-ring (bicyclic) bond motifs is 1. The van der Waals surface area contributed by atoms with Gasteiger partial charge in [-0.3, -0.25) is 14.8 Å².